The Hall–Kier alpha value is -2.26. The average Bonchev–Trinajstić information content (AvgIpc) is 2.96. The van der Waals surface area contributed by atoms with E-state index in [0.717, 1.165) is 25.3 Å². The smallest absolute Gasteiger partial charge is 0.317 e. The van der Waals surface area contributed by atoms with Crippen LogP contribution in [0.3, 0.4) is 0 Å². The maximum absolute atomic E-state index is 15.5. The molecule has 2 aliphatic rings. The number of ether oxygens (including phenoxy) is 1. The third-order valence-electron chi connectivity index (χ3n) is 8.81. The van der Waals surface area contributed by atoms with Gasteiger partial charge in [0.2, 0.25) is 5.91 Å². The van der Waals surface area contributed by atoms with E-state index in [0.29, 0.717) is 51.4 Å². The summed E-state index contributed by atoms with van der Waals surface area (Å²) in [5, 5.41) is 9.62. The molecule has 1 saturated heterocycles. The lowest BCUT2D eigenvalue weighted by atomic mass is 9.70. The average molecular weight is 565 g/mol. The molecule has 226 valence electrons. The summed E-state index contributed by atoms with van der Waals surface area (Å²) in [6.07, 6.45) is 10.6. The van der Waals surface area contributed by atoms with Crippen molar-refractivity contribution < 1.29 is 23.1 Å². The first-order chi connectivity index (χ1) is 19.3. The number of amides is 3. The Morgan fingerprint density at radius 3 is 2.60 bits per heavy atom. The molecule has 1 aliphatic carbocycles. The van der Waals surface area contributed by atoms with E-state index < -0.39 is 17.2 Å². The summed E-state index contributed by atoms with van der Waals surface area (Å²) in [6, 6.07) is 4.08. The van der Waals surface area contributed by atoms with Crippen LogP contribution < -0.4 is 16.0 Å². The van der Waals surface area contributed by atoms with Crippen molar-refractivity contribution in [1.82, 2.24) is 20.9 Å². The Balaban J connectivity index is 1.86. The predicted octanol–water partition coefficient (Wildman–Crippen LogP) is 5.48. The number of rotatable bonds is 14. The number of nitrogens with zero attached hydrogens (tertiary/aromatic N) is 1. The first-order valence-electron chi connectivity index (χ1n) is 15.3. The molecule has 2 fully saturated rings. The lowest BCUT2D eigenvalue weighted by Crippen LogP contribution is -2.58. The Morgan fingerprint density at radius 2 is 1.90 bits per heavy atom. The maximum Gasteiger partial charge on any atom is 0.317 e. The van der Waals surface area contributed by atoms with E-state index in [2.05, 4.69) is 16.0 Å². The molecular formula is C31H50F2N4O3. The van der Waals surface area contributed by atoms with Crippen molar-refractivity contribution in [3.05, 3.63) is 35.4 Å². The molecule has 1 aromatic carbocycles. The van der Waals surface area contributed by atoms with Gasteiger partial charge in [-0.15, -0.1) is 0 Å². The molecule has 1 saturated carbocycles. The van der Waals surface area contributed by atoms with Gasteiger partial charge in [-0.1, -0.05) is 51.2 Å². The van der Waals surface area contributed by atoms with Gasteiger partial charge in [0.05, 0.1) is 5.54 Å². The highest BCUT2D eigenvalue weighted by atomic mass is 19.2. The van der Waals surface area contributed by atoms with Gasteiger partial charge in [0, 0.05) is 57.3 Å². The first kappa shape index (κ1) is 32.3. The van der Waals surface area contributed by atoms with Crippen LogP contribution in [0.5, 0.6) is 0 Å². The summed E-state index contributed by atoms with van der Waals surface area (Å²) in [5.41, 5.74) is -0.984. The van der Waals surface area contributed by atoms with Crippen LogP contribution in [-0.2, 0) is 15.1 Å². The van der Waals surface area contributed by atoms with Crippen LogP contribution in [0.2, 0.25) is 0 Å². The molecule has 9 heteroatoms. The van der Waals surface area contributed by atoms with Crippen molar-refractivity contribution in [2.24, 2.45) is 11.8 Å². The standard InChI is InChI=1S/C31H50F2N4O3/c1-4-28(38)36-31(17-8-9-19-40-3,26-15-10-16-27(32)29(26)33)24-14-11-18-37(22-24)30(39)35-25(21-34-2)20-23-12-6-5-7-13-23/h10,15-16,23-25,34H,4-9,11-14,17-22H2,1-3H3,(H,35,39)(H,36,38)/t24-,25?,31+/m1/s1. The van der Waals surface area contributed by atoms with Crippen molar-refractivity contribution in [3.63, 3.8) is 0 Å². The molecule has 7 nitrogen and oxygen atoms in total. The number of hydrogen-bond acceptors (Lipinski definition) is 4. The van der Waals surface area contributed by atoms with E-state index in [1.807, 2.05) is 7.05 Å². The fraction of sp³-hybridized carbons (Fsp3) is 0.742. The number of unbranched alkanes of at least 4 members (excludes halogenated alkanes) is 1. The van der Waals surface area contributed by atoms with E-state index in [4.69, 9.17) is 4.74 Å². The van der Waals surface area contributed by atoms with Gasteiger partial charge in [0.25, 0.3) is 0 Å². The van der Waals surface area contributed by atoms with Crippen molar-refractivity contribution >= 4 is 11.9 Å². The highest BCUT2D eigenvalue weighted by molar-refractivity contribution is 5.77. The number of likely N-dealkylation sites (tertiary alicyclic amines) is 1. The normalized spacial score (nSPS) is 20.5. The zero-order valence-corrected chi connectivity index (χ0v) is 24.7. The molecule has 1 heterocycles. The van der Waals surface area contributed by atoms with Gasteiger partial charge in [-0.3, -0.25) is 4.79 Å². The summed E-state index contributed by atoms with van der Waals surface area (Å²) >= 11 is 0. The highest BCUT2D eigenvalue weighted by Gasteiger charge is 2.45. The summed E-state index contributed by atoms with van der Waals surface area (Å²) < 4.78 is 35.3. The summed E-state index contributed by atoms with van der Waals surface area (Å²) in [6.45, 7) is 3.93. The van der Waals surface area contributed by atoms with Crippen LogP contribution in [0.1, 0.15) is 89.5 Å². The van der Waals surface area contributed by atoms with Gasteiger partial charge in [-0.2, -0.15) is 0 Å². The number of nitrogens with one attached hydrogen (secondary N) is 3. The molecule has 0 spiro atoms. The van der Waals surface area contributed by atoms with Gasteiger partial charge in [-0.25, -0.2) is 13.6 Å². The van der Waals surface area contributed by atoms with Gasteiger partial charge >= 0.3 is 6.03 Å². The summed E-state index contributed by atoms with van der Waals surface area (Å²) in [7, 11) is 3.53. The van der Waals surface area contributed by atoms with Crippen molar-refractivity contribution in [1.29, 1.82) is 0 Å². The molecule has 3 rings (SSSR count). The summed E-state index contributed by atoms with van der Waals surface area (Å²) in [4.78, 5) is 28.3. The van der Waals surface area contributed by atoms with Crippen LogP contribution in [0.15, 0.2) is 18.2 Å². The molecule has 1 unspecified atom stereocenters. The van der Waals surface area contributed by atoms with Crippen LogP contribution in [0, 0.1) is 23.5 Å². The van der Waals surface area contributed by atoms with Gasteiger partial charge < -0.3 is 25.6 Å². The molecule has 1 aromatic rings. The minimum absolute atomic E-state index is 0.0280. The number of methoxy groups -OCH3 is 1. The first-order valence-corrected chi connectivity index (χ1v) is 15.3. The second-order valence-electron chi connectivity index (χ2n) is 11.7. The lowest BCUT2D eigenvalue weighted by molar-refractivity contribution is -0.124. The fourth-order valence-electron chi connectivity index (χ4n) is 6.72. The quantitative estimate of drug-likeness (QED) is 0.261. The van der Waals surface area contributed by atoms with E-state index in [9.17, 15) is 14.0 Å². The number of likely N-dealkylation sites (N-methyl/N-ethyl adjacent to an activating group) is 1. The monoisotopic (exact) mass is 564 g/mol. The van der Waals surface area contributed by atoms with Crippen LogP contribution >= 0.6 is 0 Å². The van der Waals surface area contributed by atoms with Crippen molar-refractivity contribution in [3.8, 4) is 0 Å². The number of benzene rings is 1. The number of hydrogen-bond donors (Lipinski definition) is 3. The molecule has 0 aromatic heterocycles. The van der Waals surface area contributed by atoms with Crippen LogP contribution in [-0.4, -0.2) is 63.3 Å². The third-order valence-corrected chi connectivity index (χ3v) is 8.81. The van der Waals surface area contributed by atoms with Gasteiger partial charge in [0.1, 0.15) is 0 Å². The van der Waals surface area contributed by atoms with E-state index in [-0.39, 0.29) is 35.9 Å². The zero-order chi connectivity index (χ0) is 29.0. The minimum Gasteiger partial charge on any atom is -0.385 e. The second kappa shape index (κ2) is 16.2. The van der Waals surface area contributed by atoms with Gasteiger partial charge in [0.15, 0.2) is 11.6 Å². The SMILES string of the molecule is CCC(=O)N[C@](CCCCOC)(c1cccc(F)c1F)[C@@H]1CCCN(C(=O)NC(CNC)CC2CCCCC2)C1. The van der Waals surface area contributed by atoms with E-state index >= 15 is 4.39 Å². The zero-order valence-electron chi connectivity index (χ0n) is 24.7. The molecule has 3 amide bonds. The van der Waals surface area contributed by atoms with Crippen LogP contribution in [0.4, 0.5) is 13.6 Å². The molecular weight excluding hydrogens is 514 g/mol. The summed E-state index contributed by atoms with van der Waals surface area (Å²) in [5.74, 6) is -1.75. The molecule has 1 aliphatic heterocycles. The Bertz CT molecular complexity index is 943. The predicted molar refractivity (Wildman–Crippen MR) is 154 cm³/mol. The Labute approximate surface area is 239 Å². The van der Waals surface area contributed by atoms with Crippen LogP contribution in [0.25, 0.3) is 0 Å². The third kappa shape index (κ3) is 8.62. The number of carbonyl (C=O) groups is 2. The van der Waals surface area contributed by atoms with E-state index in [1.54, 1.807) is 25.0 Å². The van der Waals surface area contributed by atoms with E-state index in [1.165, 1.54) is 38.2 Å². The van der Waals surface area contributed by atoms with Crippen molar-refractivity contribution in [2.75, 3.05) is 40.4 Å². The van der Waals surface area contributed by atoms with Crippen molar-refractivity contribution in [2.45, 2.75) is 95.6 Å². The largest absolute Gasteiger partial charge is 0.385 e. The molecule has 0 radical (unpaired) electrons. The molecule has 3 N–H and O–H groups in total. The molecule has 3 atom stereocenters. The molecule has 40 heavy (non-hydrogen) atoms. The Morgan fingerprint density at radius 1 is 1.12 bits per heavy atom. The molecule has 0 bridgehead atoms. The maximum atomic E-state index is 15.5. The number of piperidine rings is 1. The number of carbonyl (C=O) groups excluding carboxylic acids is 2. The topological polar surface area (TPSA) is 82.7 Å². The minimum atomic E-state index is -1.14. The number of urea groups is 1. The van der Waals surface area contributed by atoms with Gasteiger partial charge in [-0.05, 0) is 57.6 Å². The highest BCUT2D eigenvalue weighted by Crippen LogP contribution is 2.41. The second-order valence-corrected chi connectivity index (χ2v) is 11.7. The Kier molecular flexibility index (Phi) is 13.1. The lowest BCUT2D eigenvalue weighted by Gasteiger charge is -2.47. The fourth-order valence-corrected chi connectivity index (χ4v) is 6.72. The number of halogens is 2.